The number of nitrogens with zero attached hydrogens (tertiary/aromatic N) is 1. The van der Waals surface area contributed by atoms with Crippen LogP contribution in [-0.2, 0) is 11.2 Å². The highest BCUT2D eigenvalue weighted by atomic mass is 32.2. The van der Waals surface area contributed by atoms with Crippen molar-refractivity contribution >= 4 is 46.5 Å². The highest BCUT2D eigenvalue weighted by molar-refractivity contribution is 7.99. The molecule has 5 rings (SSSR count). The zero-order valence-corrected chi connectivity index (χ0v) is 18.1. The van der Waals surface area contributed by atoms with Crippen molar-refractivity contribution in [2.75, 3.05) is 27.8 Å². The molecule has 160 valence electrons. The largest absolute Gasteiger partial charge is 0.325 e. The van der Waals surface area contributed by atoms with E-state index in [4.69, 9.17) is 0 Å². The molecule has 0 fully saturated rings. The molecule has 0 bridgehead atoms. The molecule has 0 atom stereocenters. The SMILES string of the molecule is O=C1CCSc2ccc(C(=O)Nc3ccc(C(=O)N4CCc5ccccc54)cc3)cc2N1. The predicted molar refractivity (Wildman–Crippen MR) is 127 cm³/mol. The number of hydrogen-bond acceptors (Lipinski definition) is 4. The van der Waals surface area contributed by atoms with Gasteiger partial charge in [-0.2, -0.15) is 0 Å². The summed E-state index contributed by atoms with van der Waals surface area (Å²) in [4.78, 5) is 40.3. The van der Waals surface area contributed by atoms with Crippen LogP contribution in [0.1, 0.15) is 32.7 Å². The van der Waals surface area contributed by atoms with Gasteiger partial charge >= 0.3 is 0 Å². The molecule has 0 saturated carbocycles. The predicted octanol–water partition coefficient (Wildman–Crippen LogP) is 4.58. The van der Waals surface area contributed by atoms with Crippen molar-refractivity contribution in [3.63, 3.8) is 0 Å². The number of carbonyl (C=O) groups is 3. The summed E-state index contributed by atoms with van der Waals surface area (Å²) < 4.78 is 0. The second-order valence-corrected chi connectivity index (χ2v) is 8.86. The van der Waals surface area contributed by atoms with Gasteiger partial charge < -0.3 is 15.5 Å². The van der Waals surface area contributed by atoms with Crippen molar-refractivity contribution in [2.45, 2.75) is 17.7 Å². The van der Waals surface area contributed by atoms with Gasteiger partial charge in [0.2, 0.25) is 5.91 Å². The fourth-order valence-electron chi connectivity index (χ4n) is 3.97. The summed E-state index contributed by atoms with van der Waals surface area (Å²) >= 11 is 1.60. The van der Waals surface area contributed by atoms with E-state index < -0.39 is 0 Å². The monoisotopic (exact) mass is 443 g/mol. The Hall–Kier alpha value is -3.58. The van der Waals surface area contributed by atoms with E-state index >= 15 is 0 Å². The molecule has 2 N–H and O–H groups in total. The van der Waals surface area contributed by atoms with Crippen LogP contribution in [0.15, 0.2) is 71.6 Å². The molecule has 2 heterocycles. The lowest BCUT2D eigenvalue weighted by atomic mass is 10.1. The molecule has 3 aromatic rings. The number of fused-ring (bicyclic) bond motifs is 2. The zero-order valence-electron chi connectivity index (χ0n) is 17.3. The Kier molecular flexibility index (Phi) is 5.41. The summed E-state index contributed by atoms with van der Waals surface area (Å²) in [5, 5.41) is 5.71. The quantitative estimate of drug-likeness (QED) is 0.621. The average molecular weight is 444 g/mol. The molecule has 32 heavy (non-hydrogen) atoms. The molecule has 3 amide bonds. The van der Waals surface area contributed by atoms with Crippen molar-refractivity contribution in [1.82, 2.24) is 0 Å². The number of carbonyl (C=O) groups excluding carboxylic acids is 3. The van der Waals surface area contributed by atoms with Crippen LogP contribution in [0.4, 0.5) is 17.1 Å². The van der Waals surface area contributed by atoms with E-state index in [2.05, 4.69) is 10.6 Å². The number of thioether (sulfide) groups is 1. The Bertz CT molecular complexity index is 1220. The molecule has 6 nitrogen and oxygen atoms in total. The van der Waals surface area contributed by atoms with E-state index in [9.17, 15) is 14.4 Å². The van der Waals surface area contributed by atoms with Gasteiger partial charge in [0, 0.05) is 46.1 Å². The summed E-state index contributed by atoms with van der Waals surface area (Å²) in [6.07, 6.45) is 1.31. The molecule has 2 aliphatic heterocycles. The number of nitrogens with one attached hydrogen (secondary N) is 2. The third-order valence-electron chi connectivity index (χ3n) is 5.62. The fourth-order valence-corrected chi connectivity index (χ4v) is 4.90. The van der Waals surface area contributed by atoms with Crippen LogP contribution in [0.2, 0.25) is 0 Å². The molecule has 0 spiro atoms. The van der Waals surface area contributed by atoms with E-state index in [-0.39, 0.29) is 17.7 Å². The van der Waals surface area contributed by atoms with Crippen molar-refractivity contribution in [2.24, 2.45) is 0 Å². The van der Waals surface area contributed by atoms with Crippen molar-refractivity contribution in [1.29, 1.82) is 0 Å². The van der Waals surface area contributed by atoms with Gasteiger partial charge in [-0.1, -0.05) is 18.2 Å². The molecule has 2 aliphatic rings. The van der Waals surface area contributed by atoms with Gasteiger partial charge in [-0.15, -0.1) is 11.8 Å². The standard InChI is InChI=1S/C25H21N3O3S/c29-23-12-14-32-22-10-7-18(15-20(22)27-23)24(30)26-19-8-5-17(6-9-19)25(31)28-13-11-16-3-1-2-4-21(16)28/h1-10,15H,11-14H2,(H,26,30)(H,27,29). The molecule has 0 radical (unpaired) electrons. The third kappa shape index (κ3) is 3.99. The van der Waals surface area contributed by atoms with E-state index in [0.29, 0.717) is 35.5 Å². The molecule has 7 heteroatoms. The number of anilines is 3. The Morgan fingerprint density at radius 2 is 1.72 bits per heavy atom. The summed E-state index contributed by atoms with van der Waals surface area (Å²) in [5.74, 6) is 0.351. The number of amides is 3. The van der Waals surface area contributed by atoms with Crippen LogP contribution < -0.4 is 15.5 Å². The first-order valence-corrected chi connectivity index (χ1v) is 11.4. The first-order chi connectivity index (χ1) is 15.6. The normalized spacial score (nSPS) is 14.8. The maximum absolute atomic E-state index is 13.0. The lowest BCUT2D eigenvalue weighted by molar-refractivity contribution is -0.115. The van der Waals surface area contributed by atoms with E-state index in [0.717, 1.165) is 22.8 Å². The minimum absolute atomic E-state index is 0.0466. The van der Waals surface area contributed by atoms with Gasteiger partial charge in [-0.3, -0.25) is 14.4 Å². The smallest absolute Gasteiger partial charge is 0.258 e. The molecule has 0 unspecified atom stereocenters. The Morgan fingerprint density at radius 3 is 2.56 bits per heavy atom. The van der Waals surface area contributed by atoms with Crippen LogP contribution in [0.3, 0.4) is 0 Å². The molecule has 0 aliphatic carbocycles. The van der Waals surface area contributed by atoms with E-state index in [1.54, 1.807) is 53.1 Å². The first-order valence-electron chi connectivity index (χ1n) is 10.5. The zero-order chi connectivity index (χ0) is 22.1. The Labute approximate surface area is 190 Å². The molecular weight excluding hydrogens is 422 g/mol. The van der Waals surface area contributed by atoms with E-state index in [1.807, 2.05) is 30.3 Å². The first kappa shape index (κ1) is 20.3. The lowest BCUT2D eigenvalue weighted by Gasteiger charge is -2.17. The van der Waals surface area contributed by atoms with Crippen LogP contribution >= 0.6 is 11.8 Å². The molecular formula is C25H21N3O3S. The highest BCUT2D eigenvalue weighted by Crippen LogP contribution is 2.32. The number of hydrogen-bond donors (Lipinski definition) is 2. The van der Waals surface area contributed by atoms with Crippen molar-refractivity contribution < 1.29 is 14.4 Å². The van der Waals surface area contributed by atoms with Crippen LogP contribution in [0.5, 0.6) is 0 Å². The van der Waals surface area contributed by atoms with Gasteiger partial charge in [-0.25, -0.2) is 0 Å². The summed E-state index contributed by atoms with van der Waals surface area (Å²) in [6.45, 7) is 0.670. The van der Waals surface area contributed by atoms with E-state index in [1.165, 1.54) is 5.56 Å². The number of para-hydroxylation sites is 1. The highest BCUT2D eigenvalue weighted by Gasteiger charge is 2.25. The molecule has 3 aromatic carbocycles. The van der Waals surface area contributed by atoms with Crippen molar-refractivity contribution in [3.8, 4) is 0 Å². The molecule has 0 aromatic heterocycles. The maximum atomic E-state index is 13.0. The molecule has 0 saturated heterocycles. The third-order valence-corrected chi connectivity index (χ3v) is 6.70. The number of rotatable bonds is 3. The maximum Gasteiger partial charge on any atom is 0.258 e. The van der Waals surface area contributed by atoms with Gasteiger partial charge in [0.05, 0.1) is 5.69 Å². The van der Waals surface area contributed by atoms with Gasteiger partial charge in [0.25, 0.3) is 11.8 Å². The summed E-state index contributed by atoms with van der Waals surface area (Å²) in [7, 11) is 0. The minimum atomic E-state index is -0.274. The minimum Gasteiger partial charge on any atom is -0.325 e. The van der Waals surface area contributed by atoms with Gasteiger partial charge in [0.1, 0.15) is 0 Å². The number of benzene rings is 3. The lowest BCUT2D eigenvalue weighted by Crippen LogP contribution is -2.28. The fraction of sp³-hybridized carbons (Fsp3) is 0.160. The van der Waals surface area contributed by atoms with Crippen molar-refractivity contribution in [3.05, 3.63) is 83.4 Å². The summed E-state index contributed by atoms with van der Waals surface area (Å²) in [5.41, 5.74) is 4.44. The van der Waals surface area contributed by atoms with Gasteiger partial charge in [0.15, 0.2) is 0 Å². The van der Waals surface area contributed by atoms with Gasteiger partial charge in [-0.05, 0) is 60.5 Å². The average Bonchev–Trinajstić information content (AvgIpc) is 3.14. The van der Waals surface area contributed by atoms with Crippen LogP contribution in [0.25, 0.3) is 0 Å². The summed E-state index contributed by atoms with van der Waals surface area (Å²) in [6, 6.07) is 20.2. The second-order valence-electron chi connectivity index (χ2n) is 7.72. The Balaban J connectivity index is 1.29. The topological polar surface area (TPSA) is 78.5 Å². The van der Waals surface area contributed by atoms with Crippen LogP contribution in [-0.4, -0.2) is 30.0 Å². The second kappa shape index (κ2) is 8.51. The van der Waals surface area contributed by atoms with Crippen LogP contribution in [0, 0.1) is 0 Å². The Morgan fingerprint density at radius 1 is 0.938 bits per heavy atom.